The summed E-state index contributed by atoms with van der Waals surface area (Å²) in [4.78, 5) is 28.6. The quantitative estimate of drug-likeness (QED) is 0.193. The number of carbonyl (C=O) groups is 1. The van der Waals surface area contributed by atoms with Gasteiger partial charge in [0, 0.05) is 48.0 Å². The van der Waals surface area contributed by atoms with E-state index in [0.29, 0.717) is 26.4 Å². The van der Waals surface area contributed by atoms with E-state index in [2.05, 4.69) is 45.8 Å². The van der Waals surface area contributed by atoms with Gasteiger partial charge < -0.3 is 25.2 Å². The monoisotopic (exact) mass is 642 g/mol. The average Bonchev–Trinajstić information content (AvgIpc) is 3.50. The Morgan fingerprint density at radius 3 is 2.91 bits per heavy atom. The molecule has 1 saturated carbocycles. The van der Waals surface area contributed by atoms with E-state index in [1.165, 1.54) is 31.1 Å². The zero-order valence-electron chi connectivity index (χ0n) is 25.0. The van der Waals surface area contributed by atoms with Crippen LogP contribution in [0, 0.1) is 0 Å². The average molecular weight is 644 g/mol. The van der Waals surface area contributed by atoms with E-state index in [0.717, 1.165) is 55.3 Å². The van der Waals surface area contributed by atoms with Crippen LogP contribution in [0.5, 0.6) is 0 Å². The van der Waals surface area contributed by atoms with Gasteiger partial charge in [-0.3, -0.25) is 4.79 Å². The standard InChI is InChI=1S/C32H40Cl2N6O2S/c1-5-23(33)10-11-24-28-31(4,22-9-12-25(34)35-18-22)38-30-40(28)26(21(3)42-24)27(43-30)29(41)37-20(2)8-6-7-16-39-17-15-36-32(19-39)13-14-32/h5,9-12,18,20-21,28,36H,1,6-8,13-17,19H2,2-4H3,(H,37,41)/b23-10+,24-11-/t20-,21?,28?,31+/m1/s1. The highest BCUT2D eigenvalue weighted by atomic mass is 35.5. The first-order valence-corrected chi connectivity index (χ1v) is 16.8. The molecule has 5 aliphatic rings. The topological polar surface area (TPSA) is 82.1 Å². The number of rotatable bonds is 10. The number of allylic oxidation sites excluding steroid dienone is 4. The number of hydrogen-bond donors (Lipinski definition) is 2. The number of nitrogens with zero attached hydrogens (tertiary/aromatic N) is 4. The Hall–Kier alpha value is -2.30. The third-order valence-corrected chi connectivity index (χ3v) is 10.7. The van der Waals surface area contributed by atoms with Crippen LogP contribution in [0.3, 0.4) is 0 Å². The molecule has 43 heavy (non-hydrogen) atoms. The van der Waals surface area contributed by atoms with E-state index in [4.69, 9.17) is 32.9 Å². The molecule has 2 N–H and O–H groups in total. The molecule has 1 aliphatic carbocycles. The summed E-state index contributed by atoms with van der Waals surface area (Å²) in [5.41, 5.74) is 1.44. The number of piperazine rings is 1. The number of aliphatic imine (C=N–C) groups is 1. The largest absolute Gasteiger partial charge is 0.486 e. The number of hydrogen-bond acceptors (Lipinski definition) is 8. The summed E-state index contributed by atoms with van der Waals surface area (Å²) in [6.45, 7) is 14.4. The van der Waals surface area contributed by atoms with Crippen molar-refractivity contribution < 1.29 is 9.53 Å². The van der Waals surface area contributed by atoms with Crippen LogP contribution in [0.4, 0.5) is 0 Å². The first kappa shape index (κ1) is 30.7. The Kier molecular flexibility index (Phi) is 8.74. The normalized spacial score (nSPS) is 29.4. The Morgan fingerprint density at radius 1 is 1.37 bits per heavy atom. The van der Waals surface area contributed by atoms with Crippen molar-refractivity contribution in [3.05, 3.63) is 75.2 Å². The minimum atomic E-state index is -0.718. The number of nitrogens with one attached hydrogen (secondary N) is 2. The fraction of sp³-hybridized carbons (Fsp3) is 0.531. The number of carbonyl (C=O) groups excluding carboxylic acids is 1. The molecule has 0 aromatic carbocycles. The molecule has 1 spiro atoms. The van der Waals surface area contributed by atoms with Crippen LogP contribution in [-0.2, 0) is 15.1 Å². The maximum Gasteiger partial charge on any atom is 0.260 e. The third-order valence-electron chi connectivity index (χ3n) is 9.14. The fourth-order valence-corrected chi connectivity index (χ4v) is 8.05. The van der Waals surface area contributed by atoms with Crippen molar-refractivity contribution in [3.63, 3.8) is 0 Å². The lowest BCUT2D eigenvalue weighted by Crippen LogP contribution is -2.52. The molecule has 0 bridgehead atoms. The van der Waals surface area contributed by atoms with Gasteiger partial charge in [-0.05, 0) is 83.0 Å². The Bertz CT molecular complexity index is 1400. The molecule has 1 amide bonds. The van der Waals surface area contributed by atoms with E-state index in [-0.39, 0.29) is 24.1 Å². The van der Waals surface area contributed by atoms with Crippen molar-refractivity contribution in [1.82, 2.24) is 25.4 Å². The van der Waals surface area contributed by atoms with Crippen molar-refractivity contribution in [2.75, 3.05) is 26.2 Å². The van der Waals surface area contributed by atoms with Crippen LogP contribution < -0.4 is 10.6 Å². The molecule has 6 rings (SSSR count). The van der Waals surface area contributed by atoms with Gasteiger partial charge in [-0.2, -0.15) is 0 Å². The first-order chi connectivity index (χ1) is 20.6. The summed E-state index contributed by atoms with van der Waals surface area (Å²) in [5.74, 6) is 0.633. The van der Waals surface area contributed by atoms with Gasteiger partial charge >= 0.3 is 0 Å². The Labute approximate surface area is 268 Å². The zero-order valence-corrected chi connectivity index (χ0v) is 27.4. The van der Waals surface area contributed by atoms with Gasteiger partial charge in [0.15, 0.2) is 5.17 Å². The van der Waals surface area contributed by atoms with Crippen LogP contribution in [-0.4, -0.2) is 75.8 Å². The molecular weight excluding hydrogens is 603 g/mol. The van der Waals surface area contributed by atoms with E-state index in [1.54, 1.807) is 24.4 Å². The molecule has 5 heterocycles. The first-order valence-electron chi connectivity index (χ1n) is 15.2. The van der Waals surface area contributed by atoms with Crippen molar-refractivity contribution in [3.8, 4) is 0 Å². The minimum absolute atomic E-state index is 0.0686. The maximum atomic E-state index is 13.7. The molecule has 4 aliphatic heterocycles. The lowest BCUT2D eigenvalue weighted by atomic mass is 9.83. The Balaban J connectivity index is 1.16. The van der Waals surface area contributed by atoms with Gasteiger partial charge in [0.25, 0.3) is 5.91 Å². The van der Waals surface area contributed by atoms with E-state index >= 15 is 0 Å². The number of ether oxygens (including phenoxy) is 1. The summed E-state index contributed by atoms with van der Waals surface area (Å²) < 4.78 is 6.51. The van der Waals surface area contributed by atoms with Crippen molar-refractivity contribution in [2.24, 2.45) is 4.99 Å². The Morgan fingerprint density at radius 2 is 2.19 bits per heavy atom. The fourth-order valence-electron chi connectivity index (χ4n) is 6.64. The third kappa shape index (κ3) is 6.16. The van der Waals surface area contributed by atoms with E-state index in [1.807, 2.05) is 19.1 Å². The highest BCUT2D eigenvalue weighted by Crippen LogP contribution is 2.54. The lowest BCUT2D eigenvalue weighted by molar-refractivity contribution is -0.117. The summed E-state index contributed by atoms with van der Waals surface area (Å²) in [7, 11) is 0. The molecule has 3 fully saturated rings. The second-order valence-corrected chi connectivity index (χ2v) is 14.2. The van der Waals surface area contributed by atoms with Gasteiger partial charge in [0.05, 0.1) is 5.70 Å². The number of pyridine rings is 1. The highest BCUT2D eigenvalue weighted by Gasteiger charge is 2.58. The highest BCUT2D eigenvalue weighted by molar-refractivity contribution is 8.18. The number of thioether (sulfide) groups is 1. The van der Waals surface area contributed by atoms with Crippen LogP contribution in [0.25, 0.3) is 0 Å². The number of halogens is 2. The van der Waals surface area contributed by atoms with Crippen molar-refractivity contribution >= 4 is 46.0 Å². The predicted molar refractivity (Wildman–Crippen MR) is 175 cm³/mol. The number of amidine groups is 1. The molecule has 2 saturated heterocycles. The van der Waals surface area contributed by atoms with Crippen LogP contribution in [0.2, 0.25) is 5.15 Å². The van der Waals surface area contributed by atoms with Crippen LogP contribution in [0.1, 0.15) is 58.4 Å². The van der Waals surface area contributed by atoms with Gasteiger partial charge in [0.1, 0.15) is 33.5 Å². The molecule has 1 aromatic heterocycles. The van der Waals surface area contributed by atoms with Crippen LogP contribution in [0.15, 0.2) is 69.5 Å². The zero-order chi connectivity index (χ0) is 30.4. The summed E-state index contributed by atoms with van der Waals surface area (Å²) in [6, 6.07) is 3.46. The van der Waals surface area contributed by atoms with Crippen molar-refractivity contribution in [1.29, 1.82) is 0 Å². The van der Waals surface area contributed by atoms with Crippen molar-refractivity contribution in [2.45, 2.75) is 82.1 Å². The maximum absolute atomic E-state index is 13.7. The second kappa shape index (κ2) is 12.2. The lowest BCUT2D eigenvalue weighted by Gasteiger charge is -2.42. The SMILES string of the molecule is C=C/C(Cl)=C\C=C1/OC(C)C2=C(C(=O)N[C@H](C)CCCCN3CCNC4(CC4)C3)SC3=N[C@@](C)(c4ccc(Cl)nc4)C1N32. The molecule has 4 atom stereocenters. The van der Waals surface area contributed by atoms with Crippen LogP contribution >= 0.6 is 35.0 Å². The van der Waals surface area contributed by atoms with Gasteiger partial charge in [-0.1, -0.05) is 48.3 Å². The number of amides is 1. The second-order valence-electron chi connectivity index (χ2n) is 12.4. The summed E-state index contributed by atoms with van der Waals surface area (Å²) >= 11 is 13.8. The molecule has 11 heteroatoms. The summed E-state index contributed by atoms with van der Waals surface area (Å²) in [5, 5.41) is 8.64. The van der Waals surface area contributed by atoms with E-state index in [9.17, 15) is 4.79 Å². The number of morpholine rings is 1. The van der Waals surface area contributed by atoms with Gasteiger partial charge in [-0.25, -0.2) is 9.98 Å². The predicted octanol–water partition coefficient (Wildman–Crippen LogP) is 5.67. The number of unbranched alkanes of at least 4 members (excludes halogenated alkanes) is 1. The molecular formula is C32H40Cl2N6O2S. The molecule has 2 unspecified atom stereocenters. The molecule has 8 nitrogen and oxygen atoms in total. The van der Waals surface area contributed by atoms with Gasteiger partial charge in [-0.15, -0.1) is 0 Å². The molecule has 1 aromatic rings. The molecule has 230 valence electrons. The minimum Gasteiger partial charge on any atom is -0.486 e. The van der Waals surface area contributed by atoms with E-state index < -0.39 is 5.54 Å². The smallest absolute Gasteiger partial charge is 0.260 e. The molecule has 0 radical (unpaired) electrons. The number of aromatic nitrogens is 1. The van der Waals surface area contributed by atoms with Gasteiger partial charge in [0.2, 0.25) is 0 Å². The summed E-state index contributed by atoms with van der Waals surface area (Å²) in [6.07, 6.45) is 12.4.